The van der Waals surface area contributed by atoms with E-state index in [0.29, 0.717) is 17.8 Å². The molecule has 2 aromatic rings. The van der Waals surface area contributed by atoms with Crippen LogP contribution in [0.1, 0.15) is 35.1 Å². The lowest BCUT2D eigenvalue weighted by Crippen LogP contribution is -2.43. The first-order chi connectivity index (χ1) is 15.8. The Labute approximate surface area is 186 Å². The molecule has 6 N–H and O–H groups in total. The first-order valence-corrected chi connectivity index (χ1v) is 9.84. The molecule has 1 unspecified atom stereocenters. The molecule has 0 saturated carbocycles. The van der Waals surface area contributed by atoms with Crippen molar-refractivity contribution in [3.8, 4) is 0 Å². The Morgan fingerprint density at radius 3 is 2.67 bits per heavy atom. The maximum atomic E-state index is 13.0. The first kappa shape index (κ1) is 23.1. The van der Waals surface area contributed by atoms with Gasteiger partial charge in [0.2, 0.25) is 5.91 Å². The summed E-state index contributed by atoms with van der Waals surface area (Å²) in [6, 6.07) is 5.27. The van der Waals surface area contributed by atoms with Crippen LogP contribution < -0.4 is 27.4 Å². The summed E-state index contributed by atoms with van der Waals surface area (Å²) in [5.41, 5.74) is 6.45. The van der Waals surface area contributed by atoms with Crippen LogP contribution in [-0.4, -0.2) is 50.7 Å². The molecule has 0 bridgehead atoms. The van der Waals surface area contributed by atoms with E-state index in [-0.39, 0.29) is 12.1 Å². The lowest BCUT2D eigenvalue weighted by Gasteiger charge is -2.18. The number of aryl methyl sites for hydroxylation is 1. The number of hydrogen-bond acceptors (Lipinski definition) is 7. The van der Waals surface area contributed by atoms with E-state index in [4.69, 9.17) is 10.8 Å². The van der Waals surface area contributed by atoms with Crippen molar-refractivity contribution in [2.45, 2.75) is 31.3 Å². The number of primary amides is 1. The van der Waals surface area contributed by atoms with Crippen LogP contribution in [0.15, 0.2) is 46.4 Å². The minimum absolute atomic E-state index is 0.0957. The number of carbonyl (C=O) groups is 4. The molecular formula is C20H21N7O6. The van der Waals surface area contributed by atoms with Gasteiger partial charge in [-0.15, -0.1) is 0 Å². The molecule has 1 aliphatic rings. The van der Waals surface area contributed by atoms with Crippen LogP contribution in [0.2, 0.25) is 0 Å². The number of carbonyl (C=O) groups excluding carboxylic acids is 3. The molecule has 13 heteroatoms. The minimum atomic E-state index is -1.22. The molecule has 1 aromatic carbocycles. The van der Waals surface area contributed by atoms with Gasteiger partial charge in [0.05, 0.1) is 18.7 Å². The molecule has 0 saturated heterocycles. The Morgan fingerprint density at radius 2 is 2.00 bits per heavy atom. The number of hydrogen-bond donors (Lipinski definition) is 5. The average Bonchev–Trinajstić information content (AvgIpc) is 3.20. The summed E-state index contributed by atoms with van der Waals surface area (Å²) in [5, 5.41) is 17.5. The lowest BCUT2D eigenvalue weighted by molar-refractivity contribution is -0.137. The van der Waals surface area contributed by atoms with Crippen molar-refractivity contribution in [1.82, 2.24) is 20.3 Å². The number of nitrogens with one attached hydrogen (secondary N) is 3. The SMILES string of the molecule is NC(=O)N/N=C\[C@H](CC(=O)O)NC(=O)C1CCc2ncc(NC(=O)c3ccccc3)c(=O)n21. The van der Waals surface area contributed by atoms with Crippen molar-refractivity contribution in [3.05, 3.63) is 58.3 Å². The Kier molecular flexibility index (Phi) is 7.13. The summed E-state index contributed by atoms with van der Waals surface area (Å²) in [6.45, 7) is 0. The van der Waals surface area contributed by atoms with Crippen molar-refractivity contribution in [1.29, 1.82) is 0 Å². The third-order valence-electron chi connectivity index (χ3n) is 4.76. The molecule has 1 aliphatic heterocycles. The smallest absolute Gasteiger partial charge is 0.332 e. The number of aliphatic carboxylic acids is 1. The zero-order chi connectivity index (χ0) is 24.0. The second-order valence-electron chi connectivity index (χ2n) is 7.11. The molecule has 0 aliphatic carbocycles. The molecule has 172 valence electrons. The number of carboxylic acid groups (broad SMARTS) is 1. The highest BCUT2D eigenvalue weighted by molar-refractivity contribution is 6.04. The quantitative estimate of drug-likeness (QED) is 0.263. The van der Waals surface area contributed by atoms with E-state index in [1.54, 1.807) is 30.3 Å². The third kappa shape index (κ3) is 5.78. The van der Waals surface area contributed by atoms with Crippen LogP contribution in [0.5, 0.6) is 0 Å². The van der Waals surface area contributed by atoms with Gasteiger partial charge in [-0.1, -0.05) is 18.2 Å². The van der Waals surface area contributed by atoms with Crippen molar-refractivity contribution < 1.29 is 24.3 Å². The number of urea groups is 1. The summed E-state index contributed by atoms with van der Waals surface area (Å²) < 4.78 is 1.17. The standard InChI is InChI=1S/C20H21N7O6/c21-20(33)26-23-9-12(8-16(28)29)24-18(31)14-6-7-15-22-10-13(19(32)27(14)15)25-17(30)11-4-2-1-3-5-11/h1-5,9-10,12,14H,6-8H2,(H,24,31)(H,25,30)(H,28,29)(H3,21,26,33)/b23-9-/t12-,14?/m0/s1. The Hall–Kier alpha value is -4.55. The van der Waals surface area contributed by atoms with Gasteiger partial charge in [0, 0.05) is 18.2 Å². The van der Waals surface area contributed by atoms with Crippen molar-refractivity contribution in [2.24, 2.45) is 10.8 Å². The van der Waals surface area contributed by atoms with Crippen LogP contribution in [0, 0.1) is 0 Å². The fourth-order valence-corrected chi connectivity index (χ4v) is 3.32. The van der Waals surface area contributed by atoms with Gasteiger partial charge in [-0.2, -0.15) is 5.10 Å². The van der Waals surface area contributed by atoms with Gasteiger partial charge < -0.3 is 21.5 Å². The van der Waals surface area contributed by atoms with Gasteiger partial charge in [0.25, 0.3) is 11.5 Å². The van der Waals surface area contributed by atoms with Crippen LogP contribution in [0.3, 0.4) is 0 Å². The number of anilines is 1. The van der Waals surface area contributed by atoms with Gasteiger partial charge >= 0.3 is 12.0 Å². The summed E-state index contributed by atoms with van der Waals surface area (Å²) in [4.78, 5) is 64.3. The zero-order valence-corrected chi connectivity index (χ0v) is 17.2. The van der Waals surface area contributed by atoms with Crippen LogP contribution in [0.25, 0.3) is 0 Å². The number of hydrazone groups is 1. The van der Waals surface area contributed by atoms with Gasteiger partial charge in [-0.05, 0) is 18.6 Å². The highest BCUT2D eigenvalue weighted by Crippen LogP contribution is 2.23. The third-order valence-corrected chi connectivity index (χ3v) is 4.76. The molecule has 1 aromatic heterocycles. The molecule has 0 spiro atoms. The lowest BCUT2D eigenvalue weighted by atomic mass is 10.1. The van der Waals surface area contributed by atoms with Crippen molar-refractivity contribution in [3.63, 3.8) is 0 Å². The summed E-state index contributed by atoms with van der Waals surface area (Å²) >= 11 is 0. The second-order valence-corrected chi connectivity index (χ2v) is 7.11. The summed E-state index contributed by atoms with van der Waals surface area (Å²) in [5.74, 6) is -2.01. The van der Waals surface area contributed by atoms with Gasteiger partial charge in [-0.3, -0.25) is 23.7 Å². The van der Waals surface area contributed by atoms with E-state index >= 15 is 0 Å². The highest BCUT2D eigenvalue weighted by atomic mass is 16.4. The van der Waals surface area contributed by atoms with E-state index < -0.39 is 47.9 Å². The van der Waals surface area contributed by atoms with E-state index in [9.17, 15) is 24.0 Å². The molecule has 0 radical (unpaired) electrons. The number of nitrogens with zero attached hydrogens (tertiary/aromatic N) is 3. The largest absolute Gasteiger partial charge is 0.481 e. The maximum absolute atomic E-state index is 13.0. The van der Waals surface area contributed by atoms with Crippen LogP contribution in [0.4, 0.5) is 10.5 Å². The van der Waals surface area contributed by atoms with Gasteiger partial charge in [0.15, 0.2) is 0 Å². The van der Waals surface area contributed by atoms with Crippen LogP contribution >= 0.6 is 0 Å². The maximum Gasteiger partial charge on any atom is 0.332 e. The van der Waals surface area contributed by atoms with E-state index in [1.807, 2.05) is 5.43 Å². The number of nitrogens with two attached hydrogens (primary N) is 1. The Balaban J connectivity index is 1.79. The van der Waals surface area contributed by atoms with Crippen molar-refractivity contribution >= 4 is 35.7 Å². The monoisotopic (exact) mass is 455 g/mol. The highest BCUT2D eigenvalue weighted by Gasteiger charge is 2.32. The summed E-state index contributed by atoms with van der Waals surface area (Å²) in [7, 11) is 0. The number of rotatable bonds is 8. The second kappa shape index (κ2) is 10.2. The van der Waals surface area contributed by atoms with Crippen molar-refractivity contribution in [2.75, 3.05) is 5.32 Å². The molecule has 0 fully saturated rings. The fourth-order valence-electron chi connectivity index (χ4n) is 3.32. The predicted molar refractivity (Wildman–Crippen MR) is 116 cm³/mol. The molecule has 2 heterocycles. The molecule has 4 amide bonds. The number of amides is 4. The normalized spacial score (nSPS) is 15.5. The number of fused-ring (bicyclic) bond motifs is 1. The van der Waals surface area contributed by atoms with Crippen LogP contribution in [-0.2, 0) is 16.0 Å². The molecule has 33 heavy (non-hydrogen) atoms. The molecule has 13 nitrogen and oxygen atoms in total. The number of benzene rings is 1. The Bertz CT molecular complexity index is 1160. The average molecular weight is 455 g/mol. The first-order valence-electron chi connectivity index (χ1n) is 9.84. The van der Waals surface area contributed by atoms with Gasteiger partial charge in [0.1, 0.15) is 17.6 Å². The minimum Gasteiger partial charge on any atom is -0.481 e. The molecular weight excluding hydrogens is 434 g/mol. The van der Waals surface area contributed by atoms with E-state index in [1.165, 1.54) is 10.8 Å². The Morgan fingerprint density at radius 1 is 1.27 bits per heavy atom. The predicted octanol–water partition coefficient (Wildman–Crippen LogP) is -0.403. The van der Waals surface area contributed by atoms with E-state index in [2.05, 4.69) is 20.7 Å². The summed E-state index contributed by atoms with van der Waals surface area (Å²) in [6.07, 6.45) is 2.33. The zero-order valence-electron chi connectivity index (χ0n) is 17.2. The van der Waals surface area contributed by atoms with E-state index in [0.717, 1.165) is 6.21 Å². The molecule has 2 atom stereocenters. The number of aromatic nitrogens is 2. The molecule has 3 rings (SSSR count). The fraction of sp³-hybridized carbons (Fsp3) is 0.250. The number of carboxylic acids is 1. The van der Waals surface area contributed by atoms with Gasteiger partial charge in [-0.25, -0.2) is 15.2 Å². The topological polar surface area (TPSA) is 198 Å².